The lowest BCUT2D eigenvalue weighted by molar-refractivity contribution is -0.125. The van der Waals surface area contributed by atoms with Gasteiger partial charge in [-0.3, -0.25) is 4.79 Å². The van der Waals surface area contributed by atoms with E-state index in [4.69, 9.17) is 4.74 Å². The van der Waals surface area contributed by atoms with Crippen LogP contribution < -0.4 is 4.74 Å². The Labute approximate surface area is 209 Å². The summed E-state index contributed by atoms with van der Waals surface area (Å²) in [7, 11) is 1.70. The van der Waals surface area contributed by atoms with Crippen LogP contribution in [-0.4, -0.2) is 31.0 Å². The number of unbranched alkanes of at least 4 members (excludes halogenated alkanes) is 2. The van der Waals surface area contributed by atoms with Crippen LogP contribution >= 0.6 is 0 Å². The van der Waals surface area contributed by atoms with Gasteiger partial charge in [0, 0.05) is 12.6 Å². The van der Waals surface area contributed by atoms with Crippen molar-refractivity contribution in [3.63, 3.8) is 0 Å². The molecule has 0 N–H and O–H groups in total. The molecule has 3 nitrogen and oxygen atoms in total. The van der Waals surface area contributed by atoms with E-state index in [9.17, 15) is 9.18 Å². The Morgan fingerprint density at radius 2 is 1.54 bits per heavy atom. The van der Waals surface area contributed by atoms with Gasteiger partial charge in [0.25, 0.3) is 0 Å². The molecule has 0 unspecified atom stereocenters. The fourth-order valence-electron chi connectivity index (χ4n) is 3.99. The lowest BCUT2D eigenvalue weighted by atomic mass is 9.98. The number of carbonyl (C=O) groups is 1. The van der Waals surface area contributed by atoms with Crippen LogP contribution in [0.4, 0.5) is 4.39 Å². The summed E-state index contributed by atoms with van der Waals surface area (Å²) in [5.41, 5.74) is 5.05. The van der Waals surface area contributed by atoms with Gasteiger partial charge in [0.05, 0.1) is 6.54 Å². The second-order valence-electron chi connectivity index (χ2n) is 8.92. The van der Waals surface area contributed by atoms with Gasteiger partial charge in [-0.1, -0.05) is 74.9 Å². The topological polar surface area (TPSA) is 29.5 Å². The Bertz CT molecular complexity index is 1090. The van der Waals surface area contributed by atoms with E-state index in [0.717, 1.165) is 30.4 Å². The molecule has 3 aromatic carbocycles. The number of ether oxygens (including phenoxy) is 1. The number of carbonyl (C=O) groups excluding carboxylic acids is 1. The fraction of sp³-hybridized carbons (Fsp3) is 0.323. The van der Waals surface area contributed by atoms with E-state index in [1.807, 2.05) is 36.4 Å². The van der Waals surface area contributed by atoms with Crippen LogP contribution in [0, 0.1) is 5.82 Å². The van der Waals surface area contributed by atoms with Gasteiger partial charge in [0.1, 0.15) is 18.2 Å². The quantitative estimate of drug-likeness (QED) is 0.197. The minimum Gasteiger partial charge on any atom is -0.492 e. The van der Waals surface area contributed by atoms with Crippen molar-refractivity contribution >= 4 is 5.91 Å². The highest BCUT2D eigenvalue weighted by molar-refractivity contribution is 5.86. The molecule has 0 radical (unpaired) electrons. The molecule has 35 heavy (non-hydrogen) atoms. The predicted molar refractivity (Wildman–Crippen MR) is 142 cm³/mol. The van der Waals surface area contributed by atoms with Crippen molar-refractivity contribution in [2.24, 2.45) is 0 Å². The van der Waals surface area contributed by atoms with Gasteiger partial charge in [-0.25, -0.2) is 4.39 Å². The van der Waals surface area contributed by atoms with Gasteiger partial charge >= 0.3 is 0 Å². The average molecular weight is 474 g/mol. The molecule has 1 amide bonds. The summed E-state index contributed by atoms with van der Waals surface area (Å²) in [6.45, 7) is 6.54. The van der Waals surface area contributed by atoms with Crippen molar-refractivity contribution in [1.29, 1.82) is 0 Å². The number of aryl methyl sites for hydroxylation is 3. The third-order valence-corrected chi connectivity index (χ3v) is 6.24. The first-order chi connectivity index (χ1) is 17.0. The molecule has 3 aromatic rings. The molecule has 0 saturated carbocycles. The largest absolute Gasteiger partial charge is 0.492 e. The summed E-state index contributed by atoms with van der Waals surface area (Å²) in [5.74, 6) is 0.326. The van der Waals surface area contributed by atoms with Crippen LogP contribution in [0.5, 0.6) is 5.75 Å². The van der Waals surface area contributed by atoms with Crippen molar-refractivity contribution in [1.82, 2.24) is 4.90 Å². The van der Waals surface area contributed by atoms with E-state index in [2.05, 4.69) is 37.8 Å². The maximum absolute atomic E-state index is 14.9. The van der Waals surface area contributed by atoms with Gasteiger partial charge in [-0.05, 0) is 72.2 Å². The number of likely N-dealkylation sites (N-methyl/N-ethyl adjacent to an activating group) is 1. The molecule has 0 bridgehead atoms. The number of benzene rings is 3. The summed E-state index contributed by atoms with van der Waals surface area (Å²) < 4.78 is 20.6. The molecule has 0 fully saturated rings. The van der Waals surface area contributed by atoms with E-state index < -0.39 is 0 Å². The summed E-state index contributed by atoms with van der Waals surface area (Å²) in [4.78, 5) is 13.0. The van der Waals surface area contributed by atoms with Crippen molar-refractivity contribution < 1.29 is 13.9 Å². The number of halogens is 1. The van der Waals surface area contributed by atoms with Crippen molar-refractivity contribution in [3.05, 3.63) is 102 Å². The molecule has 0 aliphatic carbocycles. The Balaban J connectivity index is 1.52. The second kappa shape index (κ2) is 13.5. The monoisotopic (exact) mass is 473 g/mol. The molecule has 0 aromatic heterocycles. The molecule has 0 saturated heterocycles. The van der Waals surface area contributed by atoms with Crippen LogP contribution in [0.25, 0.3) is 11.1 Å². The number of amides is 1. The number of rotatable bonds is 13. The minimum absolute atomic E-state index is 0.140. The number of nitrogens with zero attached hydrogens (tertiary/aromatic N) is 1. The van der Waals surface area contributed by atoms with E-state index in [0.29, 0.717) is 24.5 Å². The minimum atomic E-state index is -0.216. The van der Waals surface area contributed by atoms with Gasteiger partial charge in [0.2, 0.25) is 5.91 Å². The Kier molecular flexibility index (Phi) is 10.1. The molecule has 0 spiro atoms. The summed E-state index contributed by atoms with van der Waals surface area (Å²) in [6, 6.07) is 21.7. The normalized spacial score (nSPS) is 10.7. The van der Waals surface area contributed by atoms with Crippen LogP contribution in [0.2, 0.25) is 0 Å². The SMILES string of the molecule is C=CC(=O)N(C)CCOc1ccc(-c2ccc(CCc3ccc(CCCCC)cc3)cc2F)cc1. The average Bonchev–Trinajstić information content (AvgIpc) is 2.88. The van der Waals surface area contributed by atoms with Crippen molar-refractivity contribution in [2.75, 3.05) is 20.2 Å². The van der Waals surface area contributed by atoms with Gasteiger partial charge in [-0.2, -0.15) is 0 Å². The third kappa shape index (κ3) is 8.10. The molecular weight excluding hydrogens is 437 g/mol. The van der Waals surface area contributed by atoms with Crippen molar-refractivity contribution in [3.8, 4) is 16.9 Å². The highest BCUT2D eigenvalue weighted by atomic mass is 19.1. The summed E-state index contributed by atoms with van der Waals surface area (Å²) in [6.07, 6.45) is 7.89. The smallest absolute Gasteiger partial charge is 0.245 e. The first kappa shape index (κ1) is 26.2. The maximum atomic E-state index is 14.9. The Morgan fingerprint density at radius 3 is 2.17 bits per heavy atom. The predicted octanol–water partition coefficient (Wildman–Crippen LogP) is 7.03. The second-order valence-corrected chi connectivity index (χ2v) is 8.92. The van der Waals surface area contributed by atoms with E-state index in [1.165, 1.54) is 36.5 Å². The molecule has 184 valence electrons. The van der Waals surface area contributed by atoms with E-state index in [1.54, 1.807) is 18.0 Å². The Morgan fingerprint density at radius 1 is 0.914 bits per heavy atom. The van der Waals surface area contributed by atoms with E-state index >= 15 is 0 Å². The zero-order valence-corrected chi connectivity index (χ0v) is 20.9. The van der Waals surface area contributed by atoms with Crippen molar-refractivity contribution in [2.45, 2.75) is 45.4 Å². The fourth-order valence-corrected chi connectivity index (χ4v) is 3.99. The van der Waals surface area contributed by atoms with Crippen LogP contribution in [0.1, 0.15) is 42.9 Å². The van der Waals surface area contributed by atoms with Crippen LogP contribution in [0.15, 0.2) is 79.4 Å². The van der Waals surface area contributed by atoms with Gasteiger partial charge in [-0.15, -0.1) is 0 Å². The molecule has 0 aliphatic heterocycles. The highest BCUT2D eigenvalue weighted by Gasteiger charge is 2.08. The van der Waals surface area contributed by atoms with Gasteiger partial charge in [0.15, 0.2) is 0 Å². The molecule has 3 rings (SSSR count). The zero-order valence-electron chi connectivity index (χ0n) is 20.9. The molecule has 0 aliphatic rings. The lowest BCUT2D eigenvalue weighted by Gasteiger charge is -2.15. The maximum Gasteiger partial charge on any atom is 0.245 e. The lowest BCUT2D eigenvalue weighted by Crippen LogP contribution is -2.29. The summed E-state index contributed by atoms with van der Waals surface area (Å²) in [5, 5.41) is 0. The zero-order chi connectivity index (χ0) is 25.0. The van der Waals surface area contributed by atoms with Gasteiger partial charge < -0.3 is 9.64 Å². The number of hydrogen-bond donors (Lipinski definition) is 0. The highest BCUT2D eigenvalue weighted by Crippen LogP contribution is 2.26. The first-order valence-corrected chi connectivity index (χ1v) is 12.5. The molecule has 0 heterocycles. The molecule has 0 atom stereocenters. The van der Waals surface area contributed by atoms with Crippen LogP contribution in [0.3, 0.4) is 0 Å². The van der Waals surface area contributed by atoms with Crippen LogP contribution in [-0.2, 0) is 24.1 Å². The summed E-state index contributed by atoms with van der Waals surface area (Å²) >= 11 is 0. The molecular formula is C31H36FNO2. The third-order valence-electron chi connectivity index (χ3n) is 6.24. The number of hydrogen-bond acceptors (Lipinski definition) is 2. The Hall–Kier alpha value is -3.40. The first-order valence-electron chi connectivity index (χ1n) is 12.5. The molecule has 4 heteroatoms. The van der Waals surface area contributed by atoms with E-state index in [-0.39, 0.29) is 11.7 Å². The standard InChI is InChI=1S/C31H36FNO2/c1-4-6-7-8-24-9-11-25(12-10-24)13-14-26-15-20-29(30(32)23-26)27-16-18-28(19-17-27)35-22-21-33(3)31(34)5-2/h5,9-12,15-20,23H,2,4,6-8,13-14,21-22H2,1,3H3.